The average Bonchev–Trinajstić information content (AvgIpc) is 2.61. The molecule has 0 unspecified atom stereocenters. The molecule has 0 aliphatic carbocycles. The number of rotatable bonds is 9. The van der Waals surface area contributed by atoms with E-state index in [0.717, 1.165) is 24.2 Å². The number of carbonyl (C=O) groups is 1. The Kier molecular flexibility index (Phi) is 7.32. The molecule has 146 valence electrons. The fraction of sp³-hybridized carbons (Fsp3) is 0.368. The number of nitrogens with zero attached hydrogens (tertiary/aromatic N) is 1. The van der Waals surface area contributed by atoms with Crippen molar-refractivity contribution in [2.24, 2.45) is 11.1 Å². The Morgan fingerprint density at radius 1 is 1.11 bits per heavy atom. The quantitative estimate of drug-likeness (QED) is 0.607. The number of benzene rings is 1. The molecule has 0 atom stereocenters. The van der Waals surface area contributed by atoms with E-state index in [1.54, 1.807) is 24.4 Å². The number of sulfonamides is 1. The summed E-state index contributed by atoms with van der Waals surface area (Å²) in [5.41, 5.74) is 2.15. The van der Waals surface area contributed by atoms with Crippen LogP contribution in [-0.4, -0.2) is 32.4 Å². The van der Waals surface area contributed by atoms with E-state index < -0.39 is 10.0 Å². The van der Waals surface area contributed by atoms with Gasteiger partial charge in [-0.1, -0.05) is 26.0 Å². The van der Waals surface area contributed by atoms with Crippen molar-refractivity contribution in [2.75, 3.05) is 18.4 Å². The molecule has 0 aliphatic heterocycles. The highest BCUT2D eigenvalue weighted by molar-refractivity contribution is 7.89. The Morgan fingerprint density at radius 2 is 1.81 bits per heavy atom. The standard InChI is InChI=1S/C19H26N4O3S/c1-14(2)9-11-21-16-5-8-18(23-13-16)19(24)22-12-10-15-3-6-17(7-4-15)27(20,25)26/h3-8,13-14,21H,9-12H2,1-2H3,(H,22,24)(H2,20,25,26). The first kappa shape index (κ1) is 20.9. The van der Waals surface area contributed by atoms with Gasteiger partial charge >= 0.3 is 0 Å². The van der Waals surface area contributed by atoms with E-state index in [4.69, 9.17) is 5.14 Å². The van der Waals surface area contributed by atoms with Gasteiger partial charge in [0.2, 0.25) is 10.0 Å². The van der Waals surface area contributed by atoms with Gasteiger partial charge in [-0.2, -0.15) is 0 Å². The zero-order valence-electron chi connectivity index (χ0n) is 15.6. The van der Waals surface area contributed by atoms with Gasteiger partial charge in [0.05, 0.1) is 16.8 Å². The number of aromatic nitrogens is 1. The number of hydrogen-bond acceptors (Lipinski definition) is 5. The van der Waals surface area contributed by atoms with Gasteiger partial charge in [-0.05, 0) is 48.6 Å². The second-order valence-corrected chi connectivity index (χ2v) is 8.30. The summed E-state index contributed by atoms with van der Waals surface area (Å²) in [6, 6.07) is 9.81. The number of pyridine rings is 1. The molecule has 0 saturated carbocycles. The Hall–Kier alpha value is -2.45. The van der Waals surface area contributed by atoms with Gasteiger partial charge in [-0.15, -0.1) is 0 Å². The van der Waals surface area contributed by atoms with Gasteiger partial charge in [0.1, 0.15) is 5.69 Å². The van der Waals surface area contributed by atoms with Crippen LogP contribution in [0.15, 0.2) is 47.5 Å². The molecule has 1 aromatic heterocycles. The first-order valence-electron chi connectivity index (χ1n) is 8.85. The predicted molar refractivity (Wildman–Crippen MR) is 106 cm³/mol. The van der Waals surface area contributed by atoms with Gasteiger partial charge in [-0.25, -0.2) is 18.5 Å². The number of anilines is 1. The molecule has 1 aromatic carbocycles. The van der Waals surface area contributed by atoms with Crippen molar-refractivity contribution in [2.45, 2.75) is 31.6 Å². The highest BCUT2D eigenvalue weighted by Gasteiger charge is 2.08. The zero-order valence-corrected chi connectivity index (χ0v) is 16.4. The van der Waals surface area contributed by atoms with Gasteiger partial charge < -0.3 is 10.6 Å². The Balaban J connectivity index is 1.80. The third-order valence-corrected chi connectivity index (χ3v) is 4.93. The SMILES string of the molecule is CC(C)CCNc1ccc(C(=O)NCCc2ccc(S(N)(=O)=O)cc2)nc1. The minimum absolute atomic E-state index is 0.0709. The summed E-state index contributed by atoms with van der Waals surface area (Å²) in [6.45, 7) is 5.63. The Bertz CT molecular complexity index is 848. The largest absolute Gasteiger partial charge is 0.384 e. The summed E-state index contributed by atoms with van der Waals surface area (Å²) in [6.07, 6.45) is 3.30. The summed E-state index contributed by atoms with van der Waals surface area (Å²) >= 11 is 0. The van der Waals surface area contributed by atoms with Gasteiger partial charge in [-0.3, -0.25) is 4.79 Å². The third-order valence-electron chi connectivity index (χ3n) is 4.00. The fourth-order valence-electron chi connectivity index (χ4n) is 2.39. The summed E-state index contributed by atoms with van der Waals surface area (Å²) in [5, 5.41) is 11.1. The van der Waals surface area contributed by atoms with Crippen molar-refractivity contribution >= 4 is 21.6 Å². The molecule has 4 N–H and O–H groups in total. The molecule has 7 nitrogen and oxygen atoms in total. The van der Waals surface area contributed by atoms with Crippen molar-refractivity contribution in [3.05, 3.63) is 53.9 Å². The number of carbonyl (C=O) groups excluding carboxylic acids is 1. The maximum atomic E-state index is 12.1. The summed E-state index contributed by atoms with van der Waals surface area (Å²) in [4.78, 5) is 16.4. The molecule has 0 saturated heterocycles. The van der Waals surface area contributed by atoms with E-state index in [9.17, 15) is 13.2 Å². The summed E-state index contributed by atoms with van der Waals surface area (Å²) < 4.78 is 22.5. The minimum atomic E-state index is -3.69. The highest BCUT2D eigenvalue weighted by Crippen LogP contribution is 2.10. The highest BCUT2D eigenvalue weighted by atomic mass is 32.2. The van der Waals surface area contributed by atoms with E-state index >= 15 is 0 Å². The smallest absolute Gasteiger partial charge is 0.269 e. The molecule has 0 radical (unpaired) electrons. The molecule has 27 heavy (non-hydrogen) atoms. The van der Waals surface area contributed by atoms with Crippen molar-refractivity contribution in [3.63, 3.8) is 0 Å². The zero-order chi connectivity index (χ0) is 19.9. The molecule has 1 amide bonds. The van der Waals surface area contributed by atoms with Gasteiger partial charge in [0, 0.05) is 13.1 Å². The Morgan fingerprint density at radius 3 is 2.37 bits per heavy atom. The van der Waals surface area contributed by atoms with E-state index in [1.807, 2.05) is 6.07 Å². The number of nitrogens with two attached hydrogens (primary N) is 1. The normalized spacial score (nSPS) is 11.4. The van der Waals surface area contributed by atoms with Crippen LogP contribution in [0.25, 0.3) is 0 Å². The lowest BCUT2D eigenvalue weighted by Gasteiger charge is -2.09. The van der Waals surface area contributed by atoms with Gasteiger partial charge in [0.25, 0.3) is 5.91 Å². The van der Waals surface area contributed by atoms with Crippen LogP contribution in [-0.2, 0) is 16.4 Å². The minimum Gasteiger partial charge on any atom is -0.384 e. The van der Waals surface area contributed by atoms with Crippen LogP contribution in [0.5, 0.6) is 0 Å². The average molecular weight is 391 g/mol. The van der Waals surface area contributed by atoms with Crippen LogP contribution in [0.1, 0.15) is 36.3 Å². The molecule has 8 heteroatoms. The van der Waals surface area contributed by atoms with Crippen LogP contribution in [0.2, 0.25) is 0 Å². The number of primary sulfonamides is 1. The van der Waals surface area contributed by atoms with Crippen LogP contribution >= 0.6 is 0 Å². The molecular weight excluding hydrogens is 364 g/mol. The van der Waals surface area contributed by atoms with Crippen molar-refractivity contribution in [1.29, 1.82) is 0 Å². The van der Waals surface area contributed by atoms with E-state index in [-0.39, 0.29) is 10.8 Å². The maximum absolute atomic E-state index is 12.1. The molecule has 0 bridgehead atoms. The molecule has 2 aromatic rings. The fourth-order valence-corrected chi connectivity index (χ4v) is 2.91. The molecule has 0 fully saturated rings. The lowest BCUT2D eigenvalue weighted by Crippen LogP contribution is -2.26. The van der Waals surface area contributed by atoms with E-state index in [1.165, 1.54) is 12.1 Å². The van der Waals surface area contributed by atoms with Gasteiger partial charge in [0.15, 0.2) is 0 Å². The van der Waals surface area contributed by atoms with Crippen molar-refractivity contribution < 1.29 is 13.2 Å². The predicted octanol–water partition coefficient (Wildman–Crippen LogP) is 2.16. The molecule has 0 spiro atoms. The second-order valence-electron chi connectivity index (χ2n) is 6.74. The monoisotopic (exact) mass is 390 g/mol. The summed E-state index contributed by atoms with van der Waals surface area (Å²) in [7, 11) is -3.69. The number of hydrogen-bond donors (Lipinski definition) is 3. The number of nitrogens with one attached hydrogen (secondary N) is 2. The second kappa shape index (κ2) is 9.48. The van der Waals surface area contributed by atoms with E-state index in [2.05, 4.69) is 29.5 Å². The number of amides is 1. The first-order valence-corrected chi connectivity index (χ1v) is 10.4. The van der Waals surface area contributed by atoms with Crippen molar-refractivity contribution in [3.8, 4) is 0 Å². The topological polar surface area (TPSA) is 114 Å². The van der Waals surface area contributed by atoms with E-state index in [0.29, 0.717) is 24.6 Å². The van der Waals surface area contributed by atoms with Crippen LogP contribution in [0, 0.1) is 5.92 Å². The Labute approximate surface area is 160 Å². The summed E-state index contributed by atoms with van der Waals surface area (Å²) in [5.74, 6) is 0.385. The lowest BCUT2D eigenvalue weighted by molar-refractivity contribution is 0.0949. The van der Waals surface area contributed by atoms with Crippen molar-refractivity contribution in [1.82, 2.24) is 10.3 Å². The maximum Gasteiger partial charge on any atom is 0.269 e. The van der Waals surface area contributed by atoms with Crippen LogP contribution in [0.4, 0.5) is 5.69 Å². The van der Waals surface area contributed by atoms with Crippen LogP contribution < -0.4 is 15.8 Å². The van der Waals surface area contributed by atoms with Crippen LogP contribution in [0.3, 0.4) is 0 Å². The first-order chi connectivity index (χ1) is 12.8. The molecular formula is C19H26N4O3S. The lowest BCUT2D eigenvalue weighted by atomic mass is 10.1. The third kappa shape index (κ3) is 6.99. The molecule has 0 aliphatic rings. The molecule has 2 rings (SSSR count). The molecule has 1 heterocycles.